The number of aromatic hydroxyl groups is 3. The molecule has 0 aliphatic carbocycles. The Morgan fingerprint density at radius 3 is 2.28 bits per heavy atom. The van der Waals surface area contributed by atoms with Crippen molar-refractivity contribution >= 4 is 23.5 Å². The normalized spacial score (nSPS) is 10.4. The molecule has 0 atom stereocenters. The summed E-state index contributed by atoms with van der Waals surface area (Å²) in [5, 5.41) is 38.3. The monoisotopic (exact) mass is 368 g/mol. The van der Waals surface area contributed by atoms with E-state index in [2.05, 4.69) is 4.74 Å². The number of hydrogen-bond acceptors (Lipinski definition) is 7. The molecule has 0 bridgehead atoms. The number of carboxylic acids is 1. The molecule has 9 heteroatoms. The van der Waals surface area contributed by atoms with E-state index in [-0.39, 0.29) is 11.3 Å². The number of phenolic OH excluding ortho intramolecular Hbond substituents is 2. The number of aryl methyl sites for hydroxylation is 1. The van der Waals surface area contributed by atoms with Crippen LogP contribution in [0.1, 0.15) is 26.3 Å². The van der Waals surface area contributed by atoms with Crippen molar-refractivity contribution in [2.75, 3.05) is 7.11 Å². The summed E-state index contributed by atoms with van der Waals surface area (Å²) in [5.41, 5.74) is -0.509. The Kier molecular flexibility index (Phi) is 4.94. The third-order valence-electron chi connectivity index (χ3n) is 3.23. The van der Waals surface area contributed by atoms with Crippen molar-refractivity contribution in [2.24, 2.45) is 0 Å². The Hall–Kier alpha value is -3.13. The number of ether oxygens (including phenoxy) is 2. The van der Waals surface area contributed by atoms with Gasteiger partial charge in [-0.05, 0) is 24.6 Å². The van der Waals surface area contributed by atoms with Gasteiger partial charge < -0.3 is 29.9 Å². The first-order valence-corrected chi connectivity index (χ1v) is 7.12. The van der Waals surface area contributed by atoms with Crippen LogP contribution in [0.5, 0.6) is 28.7 Å². The fraction of sp³-hybridized carbons (Fsp3) is 0.125. The fourth-order valence-corrected chi connectivity index (χ4v) is 2.26. The number of hydrogen-bond donors (Lipinski definition) is 4. The smallest absolute Gasteiger partial charge is 0.343 e. The van der Waals surface area contributed by atoms with Crippen molar-refractivity contribution in [2.45, 2.75) is 6.92 Å². The first-order chi connectivity index (χ1) is 11.7. The summed E-state index contributed by atoms with van der Waals surface area (Å²) in [5.74, 6) is -5.28. The van der Waals surface area contributed by atoms with E-state index in [1.165, 1.54) is 12.1 Å². The zero-order valence-electron chi connectivity index (χ0n) is 13.0. The van der Waals surface area contributed by atoms with Crippen LogP contribution in [-0.2, 0) is 4.74 Å². The van der Waals surface area contributed by atoms with E-state index in [0.717, 1.165) is 13.2 Å². The Morgan fingerprint density at radius 1 is 1.08 bits per heavy atom. The predicted octanol–water partition coefficient (Wildman–Crippen LogP) is 3.04. The Balaban J connectivity index is 2.71. The van der Waals surface area contributed by atoms with Gasteiger partial charge in [-0.15, -0.1) is 0 Å². The second kappa shape index (κ2) is 6.78. The van der Waals surface area contributed by atoms with Crippen molar-refractivity contribution in [1.82, 2.24) is 0 Å². The number of rotatable bonds is 4. The van der Waals surface area contributed by atoms with E-state index in [1.54, 1.807) is 6.92 Å². The molecule has 2 aromatic carbocycles. The number of carbonyl (C=O) groups is 2. The van der Waals surface area contributed by atoms with Gasteiger partial charge in [-0.2, -0.15) is 0 Å². The molecular weight excluding hydrogens is 356 g/mol. The van der Waals surface area contributed by atoms with E-state index < -0.39 is 45.5 Å². The van der Waals surface area contributed by atoms with Gasteiger partial charge in [0.2, 0.25) is 0 Å². The van der Waals surface area contributed by atoms with Crippen molar-refractivity contribution in [1.29, 1.82) is 0 Å². The molecule has 4 N–H and O–H groups in total. The van der Waals surface area contributed by atoms with Crippen LogP contribution >= 0.6 is 11.6 Å². The number of esters is 1. The molecule has 0 saturated heterocycles. The summed E-state index contributed by atoms with van der Waals surface area (Å²) in [6.07, 6.45) is 0. The number of benzene rings is 2. The Bertz CT molecular complexity index is 875. The molecule has 0 aliphatic heterocycles. The number of halogens is 1. The minimum absolute atomic E-state index is 0.341. The fourth-order valence-electron chi connectivity index (χ4n) is 2.12. The van der Waals surface area contributed by atoms with Crippen LogP contribution in [0.4, 0.5) is 0 Å². The van der Waals surface area contributed by atoms with Gasteiger partial charge in [0.05, 0.1) is 7.11 Å². The maximum atomic E-state index is 11.9. The van der Waals surface area contributed by atoms with Gasteiger partial charge in [0, 0.05) is 6.07 Å². The zero-order valence-corrected chi connectivity index (χ0v) is 13.8. The molecule has 0 aliphatic rings. The molecule has 2 rings (SSSR count). The van der Waals surface area contributed by atoms with Gasteiger partial charge in [-0.3, -0.25) is 0 Å². The molecule has 2 aromatic rings. The molecule has 0 unspecified atom stereocenters. The molecule has 0 amide bonds. The Morgan fingerprint density at radius 2 is 1.72 bits per heavy atom. The first kappa shape index (κ1) is 18.2. The number of carbonyl (C=O) groups excluding carboxylic acids is 1. The Labute approximate surface area is 146 Å². The van der Waals surface area contributed by atoms with Gasteiger partial charge in [-0.1, -0.05) is 11.6 Å². The molecule has 0 heterocycles. The molecule has 8 nitrogen and oxygen atoms in total. The average molecular weight is 369 g/mol. The molecule has 0 spiro atoms. The van der Waals surface area contributed by atoms with E-state index in [9.17, 15) is 30.0 Å². The second-order valence-electron chi connectivity index (χ2n) is 4.99. The molecule has 0 fully saturated rings. The number of methoxy groups -OCH3 is 1. The van der Waals surface area contributed by atoms with E-state index in [1.807, 2.05) is 0 Å². The van der Waals surface area contributed by atoms with Crippen LogP contribution in [0.2, 0.25) is 5.02 Å². The van der Waals surface area contributed by atoms with Gasteiger partial charge >= 0.3 is 11.9 Å². The summed E-state index contributed by atoms with van der Waals surface area (Å²) in [7, 11) is 1.07. The maximum Gasteiger partial charge on any atom is 0.343 e. The minimum atomic E-state index is -1.49. The largest absolute Gasteiger partial charge is 0.507 e. The highest BCUT2D eigenvalue weighted by atomic mass is 35.5. The van der Waals surface area contributed by atoms with E-state index >= 15 is 0 Å². The summed E-state index contributed by atoms with van der Waals surface area (Å²) in [4.78, 5) is 23.2. The summed E-state index contributed by atoms with van der Waals surface area (Å²) in [6, 6.07) is 3.39. The summed E-state index contributed by atoms with van der Waals surface area (Å²) >= 11 is 5.74. The van der Waals surface area contributed by atoms with Crippen LogP contribution in [0, 0.1) is 6.92 Å². The molecule has 0 radical (unpaired) electrons. The first-order valence-electron chi connectivity index (χ1n) is 6.74. The average Bonchev–Trinajstić information content (AvgIpc) is 2.53. The molecule has 132 valence electrons. The second-order valence-corrected chi connectivity index (χ2v) is 5.37. The van der Waals surface area contributed by atoms with E-state index in [0.29, 0.717) is 5.56 Å². The lowest BCUT2D eigenvalue weighted by Gasteiger charge is -2.16. The maximum absolute atomic E-state index is 11.9. The zero-order chi connectivity index (χ0) is 18.9. The number of phenols is 3. The number of aromatic carboxylic acids is 1. The van der Waals surface area contributed by atoms with Crippen molar-refractivity contribution in [3.05, 3.63) is 39.9 Å². The minimum Gasteiger partial charge on any atom is -0.507 e. The molecule has 0 aromatic heterocycles. The lowest BCUT2D eigenvalue weighted by molar-refractivity contribution is 0.0596. The van der Waals surface area contributed by atoms with Crippen molar-refractivity contribution < 1.29 is 39.5 Å². The third kappa shape index (κ3) is 3.38. The van der Waals surface area contributed by atoms with E-state index in [4.69, 9.17) is 16.3 Å². The van der Waals surface area contributed by atoms with Gasteiger partial charge in [0.15, 0.2) is 11.5 Å². The SMILES string of the molecule is COC(=O)c1cc(O)c(Cl)c(O)c1Oc1cc(C)cc(O)c1C(=O)O. The lowest BCUT2D eigenvalue weighted by atomic mass is 10.1. The summed E-state index contributed by atoms with van der Waals surface area (Å²) < 4.78 is 9.91. The predicted molar refractivity (Wildman–Crippen MR) is 86.0 cm³/mol. The highest BCUT2D eigenvalue weighted by Gasteiger charge is 2.26. The van der Waals surface area contributed by atoms with Crippen LogP contribution in [0.25, 0.3) is 0 Å². The highest BCUT2D eigenvalue weighted by Crippen LogP contribution is 2.46. The molecule has 25 heavy (non-hydrogen) atoms. The van der Waals surface area contributed by atoms with Crippen LogP contribution in [0.15, 0.2) is 18.2 Å². The summed E-state index contributed by atoms with van der Waals surface area (Å²) in [6.45, 7) is 1.57. The third-order valence-corrected chi connectivity index (χ3v) is 3.60. The van der Waals surface area contributed by atoms with Crippen LogP contribution in [-0.4, -0.2) is 39.5 Å². The topological polar surface area (TPSA) is 134 Å². The molecular formula is C16H13ClO8. The van der Waals surface area contributed by atoms with Gasteiger partial charge in [0.1, 0.15) is 33.4 Å². The van der Waals surface area contributed by atoms with Crippen molar-refractivity contribution in [3.63, 3.8) is 0 Å². The van der Waals surface area contributed by atoms with Gasteiger partial charge in [0.25, 0.3) is 0 Å². The highest BCUT2D eigenvalue weighted by molar-refractivity contribution is 6.34. The van der Waals surface area contributed by atoms with Gasteiger partial charge in [-0.25, -0.2) is 9.59 Å². The van der Waals surface area contributed by atoms with Crippen LogP contribution < -0.4 is 4.74 Å². The van der Waals surface area contributed by atoms with Crippen LogP contribution in [0.3, 0.4) is 0 Å². The quantitative estimate of drug-likeness (QED) is 0.605. The molecule has 0 saturated carbocycles. The number of carboxylic acid groups (broad SMARTS) is 1. The van der Waals surface area contributed by atoms with Crippen molar-refractivity contribution in [3.8, 4) is 28.7 Å². The standard InChI is InChI=1S/C16H13ClO8/c1-6-3-8(18)11(15(21)22)10(4-6)25-14-7(16(23)24-2)5-9(19)12(17)13(14)20/h3-5,18-20H,1-2H3,(H,21,22). The lowest BCUT2D eigenvalue weighted by Crippen LogP contribution is -2.06.